The summed E-state index contributed by atoms with van der Waals surface area (Å²) in [5, 5.41) is 2.98. The second-order valence-corrected chi connectivity index (χ2v) is 5.81. The average Bonchev–Trinajstić information content (AvgIpc) is 2.61. The number of hydrogen-bond acceptors (Lipinski definition) is 3. The van der Waals surface area contributed by atoms with Crippen molar-refractivity contribution in [1.82, 2.24) is 15.3 Å². The highest BCUT2D eigenvalue weighted by Crippen LogP contribution is 2.43. The number of carbonyl (C=O) groups excluding carboxylic acids is 1. The van der Waals surface area contributed by atoms with Crippen molar-refractivity contribution in [2.75, 3.05) is 0 Å². The average molecular weight is 255 g/mol. The molecule has 1 aromatic heterocycles. The lowest BCUT2D eigenvalue weighted by Crippen LogP contribution is -2.28. The summed E-state index contributed by atoms with van der Waals surface area (Å²) in [6.07, 6.45) is 8.60. The fraction of sp³-hybridized carbons (Fsp3) is 0.400. The molecule has 1 atom stereocenters. The topological polar surface area (TPSA) is 54.9 Å². The molecule has 2 heterocycles. The molecule has 0 saturated carbocycles. The molecule has 1 saturated heterocycles. The standard InChI is InChI=1S/C15H17N3O/c1-9-7-16-13(17-8-9)10-4-5-11-12(6-10)18-14(19)15(11,2)3/h4,6-8,11H,5H2,1-3H3,(H,18,19). The van der Waals surface area contributed by atoms with Crippen molar-refractivity contribution < 1.29 is 4.79 Å². The van der Waals surface area contributed by atoms with E-state index in [1.807, 2.05) is 39.2 Å². The van der Waals surface area contributed by atoms with Gasteiger partial charge in [-0.2, -0.15) is 0 Å². The maximum absolute atomic E-state index is 11.9. The molecule has 1 aromatic rings. The number of nitrogens with zero attached hydrogens (tertiary/aromatic N) is 2. The van der Waals surface area contributed by atoms with Gasteiger partial charge in [-0.3, -0.25) is 4.79 Å². The summed E-state index contributed by atoms with van der Waals surface area (Å²) in [6, 6.07) is 0. The van der Waals surface area contributed by atoms with E-state index in [2.05, 4.69) is 21.4 Å². The molecule has 0 radical (unpaired) electrons. The van der Waals surface area contributed by atoms with Crippen LogP contribution in [0.25, 0.3) is 5.57 Å². The van der Waals surface area contributed by atoms with E-state index in [1.165, 1.54) is 0 Å². The molecular formula is C15H17N3O. The number of allylic oxidation sites excluding steroid dienone is 4. The summed E-state index contributed by atoms with van der Waals surface area (Å²) in [6.45, 7) is 5.96. The predicted molar refractivity (Wildman–Crippen MR) is 72.9 cm³/mol. The van der Waals surface area contributed by atoms with E-state index in [1.54, 1.807) is 0 Å². The van der Waals surface area contributed by atoms with Gasteiger partial charge in [0.05, 0.1) is 5.41 Å². The highest BCUT2D eigenvalue weighted by Gasteiger charge is 2.45. The number of nitrogens with one attached hydrogen (secondary N) is 1. The second-order valence-electron chi connectivity index (χ2n) is 5.81. The lowest BCUT2D eigenvalue weighted by molar-refractivity contribution is -0.127. The Bertz CT molecular complexity index is 596. The third kappa shape index (κ3) is 1.87. The van der Waals surface area contributed by atoms with Gasteiger partial charge in [0.15, 0.2) is 5.82 Å². The SMILES string of the molecule is Cc1cnc(C2=CCC3C(=C2)NC(=O)C3(C)C)nc1. The van der Waals surface area contributed by atoms with Crippen LogP contribution in [0.5, 0.6) is 0 Å². The van der Waals surface area contributed by atoms with Crippen molar-refractivity contribution in [1.29, 1.82) is 0 Å². The Labute approximate surface area is 112 Å². The zero-order valence-electron chi connectivity index (χ0n) is 11.4. The third-order valence-electron chi connectivity index (χ3n) is 4.01. The quantitative estimate of drug-likeness (QED) is 0.837. The van der Waals surface area contributed by atoms with Crippen molar-refractivity contribution in [3.63, 3.8) is 0 Å². The van der Waals surface area contributed by atoms with Crippen molar-refractivity contribution in [2.24, 2.45) is 11.3 Å². The molecule has 2 aliphatic rings. The van der Waals surface area contributed by atoms with Crippen LogP contribution in [-0.2, 0) is 4.79 Å². The number of fused-ring (bicyclic) bond motifs is 1. The monoisotopic (exact) mass is 255 g/mol. The number of carbonyl (C=O) groups is 1. The smallest absolute Gasteiger partial charge is 0.230 e. The Kier molecular flexibility index (Phi) is 2.55. The lowest BCUT2D eigenvalue weighted by Gasteiger charge is -2.25. The van der Waals surface area contributed by atoms with Gasteiger partial charge in [-0.1, -0.05) is 19.9 Å². The normalized spacial score (nSPS) is 24.4. The minimum Gasteiger partial charge on any atom is -0.329 e. The molecule has 98 valence electrons. The van der Waals surface area contributed by atoms with Crippen molar-refractivity contribution in [2.45, 2.75) is 27.2 Å². The maximum Gasteiger partial charge on any atom is 0.230 e. The largest absolute Gasteiger partial charge is 0.329 e. The van der Waals surface area contributed by atoms with Crippen LogP contribution in [-0.4, -0.2) is 15.9 Å². The summed E-state index contributed by atoms with van der Waals surface area (Å²) in [4.78, 5) is 20.6. The fourth-order valence-electron chi connectivity index (χ4n) is 2.65. The van der Waals surface area contributed by atoms with Crippen LogP contribution in [0.1, 0.15) is 31.7 Å². The van der Waals surface area contributed by atoms with Crippen LogP contribution in [0.4, 0.5) is 0 Å². The van der Waals surface area contributed by atoms with E-state index in [9.17, 15) is 4.79 Å². The molecule has 0 spiro atoms. The first-order valence-electron chi connectivity index (χ1n) is 6.50. The van der Waals surface area contributed by atoms with Crippen LogP contribution >= 0.6 is 0 Å². The van der Waals surface area contributed by atoms with Gasteiger partial charge in [-0.05, 0) is 25.0 Å². The summed E-state index contributed by atoms with van der Waals surface area (Å²) in [7, 11) is 0. The number of rotatable bonds is 1. The minimum atomic E-state index is -0.331. The third-order valence-corrected chi connectivity index (χ3v) is 4.01. The van der Waals surface area contributed by atoms with Gasteiger partial charge in [0.25, 0.3) is 0 Å². The maximum atomic E-state index is 11.9. The van der Waals surface area contributed by atoms with E-state index >= 15 is 0 Å². The molecule has 0 bridgehead atoms. The fourth-order valence-corrected chi connectivity index (χ4v) is 2.65. The molecule has 1 aliphatic carbocycles. The molecule has 1 N–H and O–H groups in total. The van der Waals surface area contributed by atoms with Crippen LogP contribution in [0.3, 0.4) is 0 Å². The lowest BCUT2D eigenvalue weighted by atomic mass is 9.76. The van der Waals surface area contributed by atoms with E-state index in [0.717, 1.165) is 29.1 Å². The van der Waals surface area contributed by atoms with Gasteiger partial charge in [0.1, 0.15) is 0 Å². The minimum absolute atomic E-state index is 0.100. The van der Waals surface area contributed by atoms with Crippen LogP contribution in [0, 0.1) is 18.3 Å². The van der Waals surface area contributed by atoms with Gasteiger partial charge in [-0.15, -0.1) is 0 Å². The molecule has 1 fully saturated rings. The number of amides is 1. The van der Waals surface area contributed by atoms with Crippen molar-refractivity contribution in [3.05, 3.63) is 41.6 Å². The highest BCUT2D eigenvalue weighted by atomic mass is 16.2. The van der Waals surface area contributed by atoms with Gasteiger partial charge in [0.2, 0.25) is 5.91 Å². The first-order chi connectivity index (χ1) is 8.98. The van der Waals surface area contributed by atoms with Crippen LogP contribution in [0.2, 0.25) is 0 Å². The number of aromatic nitrogens is 2. The van der Waals surface area contributed by atoms with Gasteiger partial charge in [0, 0.05) is 29.6 Å². The molecule has 1 aliphatic heterocycles. The highest BCUT2D eigenvalue weighted by molar-refractivity contribution is 5.89. The van der Waals surface area contributed by atoms with E-state index in [4.69, 9.17) is 0 Å². The molecule has 4 heteroatoms. The van der Waals surface area contributed by atoms with Crippen molar-refractivity contribution in [3.8, 4) is 0 Å². The zero-order chi connectivity index (χ0) is 13.6. The zero-order valence-corrected chi connectivity index (χ0v) is 11.4. The van der Waals surface area contributed by atoms with Gasteiger partial charge < -0.3 is 5.32 Å². The Morgan fingerprint density at radius 1 is 1.32 bits per heavy atom. The van der Waals surface area contributed by atoms with Gasteiger partial charge >= 0.3 is 0 Å². The van der Waals surface area contributed by atoms with E-state index in [-0.39, 0.29) is 17.2 Å². The summed E-state index contributed by atoms with van der Waals surface area (Å²) < 4.78 is 0. The number of hydrogen-bond donors (Lipinski definition) is 1. The van der Waals surface area contributed by atoms with Crippen molar-refractivity contribution >= 4 is 11.5 Å². The molecule has 19 heavy (non-hydrogen) atoms. The molecule has 1 amide bonds. The Morgan fingerprint density at radius 3 is 2.68 bits per heavy atom. The summed E-state index contributed by atoms with van der Waals surface area (Å²) in [5.41, 5.74) is 2.70. The first-order valence-corrected chi connectivity index (χ1v) is 6.50. The Hall–Kier alpha value is -1.97. The van der Waals surface area contributed by atoms with E-state index in [0.29, 0.717) is 0 Å². The molecule has 3 rings (SSSR count). The predicted octanol–water partition coefficient (Wildman–Crippen LogP) is 2.23. The summed E-state index contributed by atoms with van der Waals surface area (Å²) in [5.74, 6) is 1.06. The first kappa shape index (κ1) is 12.1. The molecule has 1 unspecified atom stereocenters. The van der Waals surface area contributed by atoms with E-state index < -0.39 is 0 Å². The Morgan fingerprint density at radius 2 is 2.00 bits per heavy atom. The molecular weight excluding hydrogens is 238 g/mol. The van der Waals surface area contributed by atoms with Crippen LogP contribution in [0.15, 0.2) is 30.2 Å². The molecule has 4 nitrogen and oxygen atoms in total. The number of aryl methyl sites for hydroxylation is 1. The summed E-state index contributed by atoms with van der Waals surface area (Å²) >= 11 is 0. The van der Waals surface area contributed by atoms with Gasteiger partial charge in [-0.25, -0.2) is 9.97 Å². The second kappa shape index (κ2) is 4.02. The Balaban J connectivity index is 1.93. The molecule has 0 aromatic carbocycles. The van der Waals surface area contributed by atoms with Crippen LogP contribution < -0.4 is 5.32 Å².